The lowest BCUT2D eigenvalue weighted by Gasteiger charge is -2.32. The molecule has 18 heavy (non-hydrogen) atoms. The van der Waals surface area contributed by atoms with Crippen molar-refractivity contribution in [3.63, 3.8) is 0 Å². The maximum atomic E-state index is 11.9. The lowest BCUT2D eigenvalue weighted by molar-refractivity contribution is -0.140. The van der Waals surface area contributed by atoms with Gasteiger partial charge in [0.05, 0.1) is 6.61 Å². The Morgan fingerprint density at radius 2 is 2.06 bits per heavy atom. The van der Waals surface area contributed by atoms with Gasteiger partial charge in [0.15, 0.2) is 6.04 Å². The molecule has 0 aromatic rings. The number of likely N-dealkylation sites (tertiary alicyclic amines) is 1. The van der Waals surface area contributed by atoms with Crippen LogP contribution in [0.1, 0.15) is 26.2 Å². The molecule has 0 aliphatic carbocycles. The molecule has 1 rings (SSSR count). The minimum absolute atomic E-state index is 0.0213. The van der Waals surface area contributed by atoms with Crippen LogP contribution in [0.4, 0.5) is 4.79 Å². The molecule has 104 valence electrons. The average Bonchev–Trinajstić information content (AvgIpc) is 2.38. The summed E-state index contributed by atoms with van der Waals surface area (Å²) >= 11 is 0. The first-order chi connectivity index (χ1) is 8.58. The number of hydrogen-bond donors (Lipinski definition) is 2. The van der Waals surface area contributed by atoms with Gasteiger partial charge in [0, 0.05) is 20.2 Å². The van der Waals surface area contributed by atoms with Crippen LogP contribution in [0, 0.1) is 5.92 Å². The Hall–Kier alpha value is -1.30. The number of nitrogens with one attached hydrogen (secondary N) is 1. The summed E-state index contributed by atoms with van der Waals surface area (Å²) in [5.41, 5.74) is 0. The molecule has 0 radical (unpaired) electrons. The number of carboxylic acid groups (broad SMARTS) is 1. The second-order valence-corrected chi connectivity index (χ2v) is 4.63. The van der Waals surface area contributed by atoms with Gasteiger partial charge in [-0.2, -0.15) is 0 Å². The first-order valence-electron chi connectivity index (χ1n) is 6.35. The van der Waals surface area contributed by atoms with E-state index in [2.05, 4.69) is 12.2 Å². The van der Waals surface area contributed by atoms with Crippen molar-refractivity contribution in [2.45, 2.75) is 32.2 Å². The number of hydrogen-bond acceptors (Lipinski definition) is 3. The maximum Gasteiger partial charge on any atom is 0.328 e. The van der Waals surface area contributed by atoms with E-state index in [0.717, 1.165) is 19.3 Å². The smallest absolute Gasteiger partial charge is 0.328 e. The lowest BCUT2D eigenvalue weighted by atomic mass is 9.95. The first-order valence-corrected chi connectivity index (χ1v) is 6.35. The molecule has 1 aliphatic rings. The zero-order chi connectivity index (χ0) is 13.5. The van der Waals surface area contributed by atoms with Crippen molar-refractivity contribution in [3.8, 4) is 0 Å². The van der Waals surface area contributed by atoms with Gasteiger partial charge in [0.25, 0.3) is 0 Å². The molecule has 1 fully saturated rings. The van der Waals surface area contributed by atoms with E-state index in [1.807, 2.05) is 0 Å². The van der Waals surface area contributed by atoms with Crippen molar-refractivity contribution < 1.29 is 19.4 Å². The number of aliphatic carboxylic acids is 1. The zero-order valence-corrected chi connectivity index (χ0v) is 11.0. The topological polar surface area (TPSA) is 78.9 Å². The Balaban J connectivity index is 2.42. The van der Waals surface area contributed by atoms with Crippen LogP contribution in [0.3, 0.4) is 0 Å². The highest BCUT2D eigenvalue weighted by molar-refractivity contribution is 5.82. The van der Waals surface area contributed by atoms with E-state index in [4.69, 9.17) is 9.84 Å². The number of piperidine rings is 1. The normalized spacial score (nSPS) is 18.4. The molecule has 1 unspecified atom stereocenters. The summed E-state index contributed by atoms with van der Waals surface area (Å²) in [6, 6.07) is -1.29. The highest BCUT2D eigenvalue weighted by Crippen LogP contribution is 2.19. The monoisotopic (exact) mass is 258 g/mol. The minimum atomic E-state index is -1.08. The van der Waals surface area contributed by atoms with Crippen LogP contribution in [0.25, 0.3) is 0 Å². The number of amides is 2. The predicted molar refractivity (Wildman–Crippen MR) is 66.4 cm³/mol. The Labute approximate surface area is 107 Å². The number of methoxy groups -OCH3 is 1. The molecule has 2 amide bonds. The molecule has 1 saturated heterocycles. The quantitative estimate of drug-likeness (QED) is 0.768. The van der Waals surface area contributed by atoms with Gasteiger partial charge in [0.1, 0.15) is 0 Å². The Morgan fingerprint density at radius 3 is 2.50 bits per heavy atom. The molecular formula is C12H22N2O4. The Kier molecular flexibility index (Phi) is 5.91. The fourth-order valence-corrected chi connectivity index (χ4v) is 2.13. The number of nitrogens with zero attached hydrogens (tertiary/aromatic N) is 1. The molecule has 6 heteroatoms. The number of rotatable bonds is 5. The molecule has 1 heterocycles. The summed E-state index contributed by atoms with van der Waals surface area (Å²) in [7, 11) is 1.41. The van der Waals surface area contributed by atoms with E-state index in [9.17, 15) is 9.59 Å². The van der Waals surface area contributed by atoms with E-state index >= 15 is 0 Å². The average molecular weight is 258 g/mol. The third-order valence-corrected chi connectivity index (χ3v) is 3.41. The van der Waals surface area contributed by atoms with Crippen molar-refractivity contribution in [3.05, 3.63) is 0 Å². The minimum Gasteiger partial charge on any atom is -0.480 e. The molecule has 0 aromatic heterocycles. The van der Waals surface area contributed by atoms with Gasteiger partial charge in [-0.1, -0.05) is 13.3 Å². The number of carbonyl (C=O) groups excluding carboxylic acids is 1. The second-order valence-electron chi connectivity index (χ2n) is 4.63. The van der Waals surface area contributed by atoms with Crippen molar-refractivity contribution in [1.82, 2.24) is 10.2 Å². The third-order valence-electron chi connectivity index (χ3n) is 3.41. The van der Waals surface area contributed by atoms with E-state index in [0.29, 0.717) is 19.0 Å². The molecule has 6 nitrogen and oxygen atoms in total. The highest BCUT2D eigenvalue weighted by atomic mass is 16.5. The van der Waals surface area contributed by atoms with Crippen LogP contribution < -0.4 is 5.32 Å². The highest BCUT2D eigenvalue weighted by Gasteiger charge is 2.26. The van der Waals surface area contributed by atoms with E-state index < -0.39 is 12.0 Å². The van der Waals surface area contributed by atoms with Crippen molar-refractivity contribution >= 4 is 12.0 Å². The maximum absolute atomic E-state index is 11.9. The Morgan fingerprint density at radius 1 is 1.44 bits per heavy atom. The Bertz CT molecular complexity index is 288. The van der Waals surface area contributed by atoms with Crippen LogP contribution in [-0.2, 0) is 9.53 Å². The summed E-state index contributed by atoms with van der Waals surface area (Å²) in [5.74, 6) is -0.392. The molecule has 1 atom stereocenters. The third kappa shape index (κ3) is 4.18. The van der Waals surface area contributed by atoms with Crippen molar-refractivity contribution in [2.24, 2.45) is 5.92 Å². The fraction of sp³-hybridized carbons (Fsp3) is 0.833. The molecule has 2 N–H and O–H groups in total. The molecule has 0 aromatic carbocycles. The van der Waals surface area contributed by atoms with Crippen LogP contribution in [0.15, 0.2) is 0 Å². The summed E-state index contributed by atoms with van der Waals surface area (Å²) < 4.78 is 4.77. The van der Waals surface area contributed by atoms with Gasteiger partial charge >= 0.3 is 12.0 Å². The molecule has 1 aliphatic heterocycles. The van der Waals surface area contributed by atoms with E-state index in [-0.39, 0.29) is 12.6 Å². The standard InChI is InChI=1S/C12H22N2O4/c1-3-9-4-6-14(7-5-9)12(17)13-10(8-18-2)11(15)16/h9-10H,3-8H2,1-2H3,(H,13,17)(H,15,16). The summed E-state index contributed by atoms with van der Waals surface area (Å²) in [6.45, 7) is 3.53. The van der Waals surface area contributed by atoms with Gasteiger partial charge < -0.3 is 20.1 Å². The van der Waals surface area contributed by atoms with Gasteiger partial charge in [0.2, 0.25) is 0 Å². The van der Waals surface area contributed by atoms with Gasteiger partial charge in [-0.25, -0.2) is 9.59 Å². The van der Waals surface area contributed by atoms with Gasteiger partial charge in [-0.15, -0.1) is 0 Å². The van der Waals surface area contributed by atoms with Crippen LogP contribution in [0.5, 0.6) is 0 Å². The summed E-state index contributed by atoms with van der Waals surface area (Å²) in [4.78, 5) is 24.4. The van der Waals surface area contributed by atoms with E-state index in [1.54, 1.807) is 4.90 Å². The summed E-state index contributed by atoms with van der Waals surface area (Å²) in [5, 5.41) is 11.4. The first kappa shape index (κ1) is 14.8. The molecular weight excluding hydrogens is 236 g/mol. The zero-order valence-electron chi connectivity index (χ0n) is 11.0. The molecule has 0 spiro atoms. The fourth-order valence-electron chi connectivity index (χ4n) is 2.13. The van der Waals surface area contributed by atoms with Crippen LogP contribution in [-0.4, -0.2) is 54.9 Å². The molecule has 0 saturated carbocycles. The number of ether oxygens (including phenoxy) is 1. The predicted octanol–water partition coefficient (Wildman–Crippen LogP) is 0.918. The van der Waals surface area contributed by atoms with Crippen molar-refractivity contribution in [1.29, 1.82) is 0 Å². The second kappa shape index (κ2) is 7.20. The van der Waals surface area contributed by atoms with Gasteiger partial charge in [-0.05, 0) is 18.8 Å². The van der Waals surface area contributed by atoms with Gasteiger partial charge in [-0.3, -0.25) is 0 Å². The van der Waals surface area contributed by atoms with Crippen LogP contribution in [0.2, 0.25) is 0 Å². The SMILES string of the molecule is CCC1CCN(C(=O)NC(COC)C(=O)O)CC1. The number of carbonyl (C=O) groups is 2. The van der Waals surface area contributed by atoms with Crippen LogP contribution >= 0.6 is 0 Å². The molecule has 0 bridgehead atoms. The van der Waals surface area contributed by atoms with Crippen molar-refractivity contribution in [2.75, 3.05) is 26.8 Å². The lowest BCUT2D eigenvalue weighted by Crippen LogP contribution is -2.51. The number of carboxylic acids is 1. The largest absolute Gasteiger partial charge is 0.480 e. The van der Waals surface area contributed by atoms with E-state index in [1.165, 1.54) is 7.11 Å². The number of urea groups is 1. The summed E-state index contributed by atoms with van der Waals surface area (Å²) in [6.07, 6.45) is 3.12.